The van der Waals surface area contributed by atoms with Gasteiger partial charge in [0.05, 0.1) is 13.2 Å². The van der Waals surface area contributed by atoms with Crippen LogP contribution in [-0.2, 0) is 6.42 Å². The number of benzene rings is 2. The van der Waals surface area contributed by atoms with Gasteiger partial charge in [-0.05, 0) is 47.9 Å². The van der Waals surface area contributed by atoms with Crippen LogP contribution in [-0.4, -0.2) is 7.11 Å². The Morgan fingerprint density at radius 3 is 2.75 bits per heavy atom. The first-order valence-corrected chi connectivity index (χ1v) is 7.35. The summed E-state index contributed by atoms with van der Waals surface area (Å²) in [4.78, 5) is 0. The minimum absolute atomic E-state index is 0.0297. The van der Waals surface area contributed by atoms with Gasteiger partial charge in [0, 0.05) is 9.50 Å². The van der Waals surface area contributed by atoms with E-state index in [2.05, 4.69) is 21.4 Å². The third-order valence-electron chi connectivity index (χ3n) is 3.11. The Morgan fingerprint density at radius 1 is 1.30 bits per heavy atom. The first kappa shape index (κ1) is 15.3. The molecule has 0 fully saturated rings. The summed E-state index contributed by atoms with van der Waals surface area (Å²) in [6, 6.07) is 13.6. The first-order chi connectivity index (χ1) is 9.63. The van der Waals surface area contributed by atoms with Gasteiger partial charge in [-0.25, -0.2) is 0 Å². The molecule has 0 saturated carbocycles. The Bertz CT molecular complexity index is 592. The summed E-state index contributed by atoms with van der Waals surface area (Å²) in [7, 11) is 1.65. The predicted molar refractivity (Wildman–Crippen MR) is 85.9 cm³/mol. The van der Waals surface area contributed by atoms with Crippen molar-refractivity contribution in [2.45, 2.75) is 12.5 Å². The van der Waals surface area contributed by atoms with Crippen LogP contribution in [0.15, 0.2) is 46.9 Å². The van der Waals surface area contributed by atoms with Gasteiger partial charge in [0.2, 0.25) is 0 Å². The van der Waals surface area contributed by atoms with E-state index in [1.807, 2.05) is 42.5 Å². The summed E-state index contributed by atoms with van der Waals surface area (Å²) in [5.41, 5.74) is 5.02. The number of hydrazine groups is 1. The summed E-state index contributed by atoms with van der Waals surface area (Å²) in [5, 5.41) is 0.725. The quantitative estimate of drug-likeness (QED) is 0.632. The van der Waals surface area contributed by atoms with Crippen LogP contribution in [0, 0.1) is 0 Å². The molecule has 3 nitrogen and oxygen atoms in total. The molecule has 0 aliphatic heterocycles. The van der Waals surface area contributed by atoms with E-state index in [-0.39, 0.29) is 6.04 Å². The molecule has 1 atom stereocenters. The van der Waals surface area contributed by atoms with E-state index in [4.69, 9.17) is 22.2 Å². The molecule has 2 rings (SSSR count). The number of ether oxygens (including phenoxy) is 1. The van der Waals surface area contributed by atoms with Gasteiger partial charge in [-0.2, -0.15) is 0 Å². The van der Waals surface area contributed by atoms with Crippen LogP contribution in [0.4, 0.5) is 0 Å². The van der Waals surface area contributed by atoms with E-state index in [0.717, 1.165) is 32.8 Å². The smallest absolute Gasteiger partial charge is 0.119 e. The van der Waals surface area contributed by atoms with Crippen LogP contribution in [0.1, 0.15) is 17.2 Å². The Hall–Kier alpha value is -1.07. The summed E-state index contributed by atoms with van der Waals surface area (Å²) in [6.45, 7) is 0. The second-order valence-corrected chi connectivity index (χ2v) is 5.73. The zero-order valence-electron chi connectivity index (χ0n) is 11.1. The second kappa shape index (κ2) is 7.09. The Morgan fingerprint density at radius 2 is 2.10 bits per heavy atom. The fourth-order valence-electron chi connectivity index (χ4n) is 2.07. The topological polar surface area (TPSA) is 47.3 Å². The molecule has 0 bridgehead atoms. The highest BCUT2D eigenvalue weighted by molar-refractivity contribution is 9.10. The zero-order chi connectivity index (χ0) is 14.5. The molecule has 0 amide bonds. The number of halogens is 2. The molecule has 20 heavy (non-hydrogen) atoms. The van der Waals surface area contributed by atoms with Crippen molar-refractivity contribution >= 4 is 27.5 Å². The number of rotatable bonds is 5. The van der Waals surface area contributed by atoms with Gasteiger partial charge in [-0.3, -0.25) is 11.3 Å². The van der Waals surface area contributed by atoms with Gasteiger partial charge in [0.1, 0.15) is 5.75 Å². The molecular weight excluding hydrogens is 340 g/mol. The maximum absolute atomic E-state index is 6.02. The van der Waals surface area contributed by atoms with Gasteiger partial charge in [0.15, 0.2) is 0 Å². The van der Waals surface area contributed by atoms with Crippen LogP contribution < -0.4 is 16.0 Å². The second-order valence-electron chi connectivity index (χ2n) is 4.44. The van der Waals surface area contributed by atoms with E-state index in [0.29, 0.717) is 0 Å². The molecule has 3 N–H and O–H groups in total. The summed E-state index contributed by atoms with van der Waals surface area (Å²) >= 11 is 9.57. The molecule has 1 unspecified atom stereocenters. The van der Waals surface area contributed by atoms with E-state index >= 15 is 0 Å². The Labute approximate surface area is 132 Å². The SMILES string of the molecule is COc1ccc(Br)c(C(Cc2cccc(Cl)c2)NN)c1. The third-order valence-corrected chi connectivity index (χ3v) is 4.07. The average Bonchev–Trinajstić information content (AvgIpc) is 2.46. The standard InChI is InChI=1S/C15H16BrClN2O/c1-20-12-5-6-14(16)13(9-12)15(19-18)8-10-3-2-4-11(17)7-10/h2-7,9,15,19H,8,18H2,1H3. The first-order valence-electron chi connectivity index (χ1n) is 6.18. The van der Waals surface area contributed by atoms with Gasteiger partial charge in [-0.1, -0.05) is 39.7 Å². The predicted octanol–water partition coefficient (Wildman–Crippen LogP) is 3.86. The monoisotopic (exact) mass is 354 g/mol. The van der Waals surface area contributed by atoms with Crippen molar-refractivity contribution in [2.75, 3.05) is 7.11 Å². The van der Waals surface area contributed by atoms with Gasteiger partial charge >= 0.3 is 0 Å². The molecule has 0 spiro atoms. The fraction of sp³-hybridized carbons (Fsp3) is 0.200. The lowest BCUT2D eigenvalue weighted by molar-refractivity contribution is 0.412. The van der Waals surface area contributed by atoms with Crippen molar-refractivity contribution in [3.63, 3.8) is 0 Å². The largest absolute Gasteiger partial charge is 0.497 e. The fourth-order valence-corrected chi connectivity index (χ4v) is 2.81. The molecule has 0 aliphatic rings. The third kappa shape index (κ3) is 3.73. The highest BCUT2D eigenvalue weighted by Crippen LogP contribution is 2.29. The van der Waals surface area contributed by atoms with Crippen LogP contribution in [0.2, 0.25) is 5.02 Å². The van der Waals surface area contributed by atoms with Crippen molar-refractivity contribution in [1.82, 2.24) is 5.43 Å². The molecule has 106 valence electrons. The summed E-state index contributed by atoms with van der Waals surface area (Å²) in [6.07, 6.45) is 0.739. The van der Waals surface area contributed by atoms with Crippen molar-refractivity contribution in [3.8, 4) is 5.75 Å². The maximum Gasteiger partial charge on any atom is 0.119 e. The van der Waals surface area contributed by atoms with Gasteiger partial charge < -0.3 is 4.74 Å². The minimum Gasteiger partial charge on any atom is -0.497 e. The van der Waals surface area contributed by atoms with Crippen LogP contribution in [0.5, 0.6) is 5.75 Å². The normalized spacial score (nSPS) is 12.2. The molecule has 0 aromatic heterocycles. The Balaban J connectivity index is 2.28. The lowest BCUT2D eigenvalue weighted by Gasteiger charge is -2.19. The Kier molecular flexibility index (Phi) is 5.43. The minimum atomic E-state index is -0.0297. The summed E-state index contributed by atoms with van der Waals surface area (Å²) < 4.78 is 6.25. The van der Waals surface area contributed by atoms with E-state index in [1.165, 1.54) is 0 Å². The summed E-state index contributed by atoms with van der Waals surface area (Å²) in [5.74, 6) is 6.51. The number of methoxy groups -OCH3 is 1. The molecule has 2 aromatic carbocycles. The number of nitrogens with one attached hydrogen (secondary N) is 1. The number of nitrogens with two attached hydrogens (primary N) is 1. The van der Waals surface area contributed by atoms with Crippen LogP contribution in [0.25, 0.3) is 0 Å². The van der Waals surface area contributed by atoms with Crippen molar-refractivity contribution in [1.29, 1.82) is 0 Å². The number of hydrogen-bond donors (Lipinski definition) is 2. The zero-order valence-corrected chi connectivity index (χ0v) is 13.4. The van der Waals surface area contributed by atoms with Crippen molar-refractivity contribution in [2.24, 2.45) is 5.84 Å². The molecular formula is C15H16BrClN2O. The van der Waals surface area contributed by atoms with Crippen LogP contribution >= 0.6 is 27.5 Å². The highest BCUT2D eigenvalue weighted by atomic mass is 79.9. The van der Waals surface area contributed by atoms with Gasteiger partial charge in [-0.15, -0.1) is 0 Å². The molecule has 0 saturated heterocycles. The molecule has 0 aliphatic carbocycles. The van der Waals surface area contributed by atoms with Gasteiger partial charge in [0.25, 0.3) is 0 Å². The van der Waals surface area contributed by atoms with E-state index in [9.17, 15) is 0 Å². The van der Waals surface area contributed by atoms with Crippen LogP contribution in [0.3, 0.4) is 0 Å². The van der Waals surface area contributed by atoms with E-state index in [1.54, 1.807) is 7.11 Å². The average molecular weight is 356 g/mol. The van der Waals surface area contributed by atoms with Crippen molar-refractivity contribution in [3.05, 3.63) is 63.1 Å². The molecule has 5 heteroatoms. The molecule has 2 aromatic rings. The lowest BCUT2D eigenvalue weighted by Crippen LogP contribution is -2.29. The van der Waals surface area contributed by atoms with Crippen molar-refractivity contribution < 1.29 is 4.74 Å². The molecule has 0 heterocycles. The number of hydrogen-bond acceptors (Lipinski definition) is 3. The lowest BCUT2D eigenvalue weighted by atomic mass is 9.99. The van der Waals surface area contributed by atoms with E-state index < -0.39 is 0 Å². The highest BCUT2D eigenvalue weighted by Gasteiger charge is 2.15. The maximum atomic E-state index is 6.02. The molecule has 0 radical (unpaired) electrons.